The van der Waals surface area contributed by atoms with Gasteiger partial charge in [0.2, 0.25) is 5.91 Å². The van der Waals surface area contributed by atoms with Crippen LogP contribution in [0.1, 0.15) is 30.9 Å². The van der Waals surface area contributed by atoms with Gasteiger partial charge in [-0.15, -0.1) is 0 Å². The number of pyridine rings is 1. The Kier molecular flexibility index (Phi) is 5.39. The first-order valence-electron chi connectivity index (χ1n) is 9.80. The van der Waals surface area contributed by atoms with Gasteiger partial charge in [-0.05, 0) is 43.1 Å². The van der Waals surface area contributed by atoms with Crippen molar-refractivity contribution in [1.29, 1.82) is 0 Å². The molecule has 142 valence electrons. The third-order valence-corrected chi connectivity index (χ3v) is 5.68. The molecule has 5 nitrogen and oxygen atoms in total. The van der Waals surface area contributed by atoms with Crippen molar-refractivity contribution in [2.45, 2.75) is 39.0 Å². The number of rotatable bonds is 3. The summed E-state index contributed by atoms with van der Waals surface area (Å²) in [7, 11) is 0. The maximum Gasteiger partial charge on any atom is 0.219 e. The van der Waals surface area contributed by atoms with E-state index in [9.17, 15) is 4.79 Å². The highest BCUT2D eigenvalue weighted by Gasteiger charge is 2.33. The van der Waals surface area contributed by atoms with Crippen molar-refractivity contribution in [3.8, 4) is 5.75 Å². The van der Waals surface area contributed by atoms with Gasteiger partial charge in [0.05, 0.1) is 6.54 Å². The first kappa shape index (κ1) is 18.0. The molecule has 1 amide bonds. The van der Waals surface area contributed by atoms with Crippen LogP contribution in [-0.4, -0.2) is 46.4 Å². The van der Waals surface area contributed by atoms with Gasteiger partial charge >= 0.3 is 0 Å². The van der Waals surface area contributed by atoms with E-state index in [-0.39, 0.29) is 12.0 Å². The number of aromatic nitrogens is 1. The fraction of sp³-hybridized carbons (Fsp3) is 0.455. The summed E-state index contributed by atoms with van der Waals surface area (Å²) in [5, 5.41) is 0. The smallest absolute Gasteiger partial charge is 0.219 e. The van der Waals surface area contributed by atoms with Crippen LogP contribution in [0.25, 0.3) is 0 Å². The van der Waals surface area contributed by atoms with Crippen LogP contribution in [0.15, 0.2) is 48.8 Å². The molecule has 1 fully saturated rings. The van der Waals surface area contributed by atoms with Crippen molar-refractivity contribution in [2.75, 3.05) is 19.6 Å². The Morgan fingerprint density at radius 3 is 2.81 bits per heavy atom. The molecule has 1 aromatic heterocycles. The molecule has 0 aliphatic carbocycles. The maximum atomic E-state index is 12.1. The summed E-state index contributed by atoms with van der Waals surface area (Å²) in [6.45, 7) is 6.01. The molecule has 27 heavy (non-hydrogen) atoms. The van der Waals surface area contributed by atoms with Gasteiger partial charge in [-0.3, -0.25) is 14.7 Å². The van der Waals surface area contributed by atoms with E-state index in [1.807, 2.05) is 35.5 Å². The monoisotopic (exact) mass is 365 g/mol. The van der Waals surface area contributed by atoms with E-state index in [2.05, 4.69) is 28.1 Å². The summed E-state index contributed by atoms with van der Waals surface area (Å²) >= 11 is 0. The predicted molar refractivity (Wildman–Crippen MR) is 104 cm³/mol. The Hall–Kier alpha value is -2.40. The van der Waals surface area contributed by atoms with Gasteiger partial charge < -0.3 is 9.64 Å². The van der Waals surface area contributed by atoms with Crippen LogP contribution in [0.2, 0.25) is 0 Å². The summed E-state index contributed by atoms with van der Waals surface area (Å²) in [5.74, 6) is 1.47. The topological polar surface area (TPSA) is 45.7 Å². The van der Waals surface area contributed by atoms with Gasteiger partial charge in [0.1, 0.15) is 11.9 Å². The molecule has 5 heteroatoms. The average Bonchev–Trinajstić information content (AvgIpc) is 2.89. The lowest BCUT2D eigenvalue weighted by Crippen LogP contribution is -2.46. The second-order valence-electron chi connectivity index (χ2n) is 7.66. The number of para-hydroxylation sites is 1. The fourth-order valence-electron chi connectivity index (χ4n) is 4.21. The van der Waals surface area contributed by atoms with Gasteiger partial charge in [0, 0.05) is 50.4 Å². The van der Waals surface area contributed by atoms with Crippen molar-refractivity contribution in [1.82, 2.24) is 14.8 Å². The van der Waals surface area contributed by atoms with Gasteiger partial charge in [-0.2, -0.15) is 0 Å². The largest absolute Gasteiger partial charge is 0.488 e. The number of amides is 1. The van der Waals surface area contributed by atoms with E-state index in [4.69, 9.17) is 4.74 Å². The van der Waals surface area contributed by atoms with Crippen LogP contribution in [-0.2, 0) is 17.9 Å². The van der Waals surface area contributed by atoms with E-state index < -0.39 is 0 Å². The van der Waals surface area contributed by atoms with Crippen molar-refractivity contribution < 1.29 is 9.53 Å². The molecule has 0 unspecified atom stereocenters. The lowest BCUT2D eigenvalue weighted by atomic mass is 9.91. The van der Waals surface area contributed by atoms with E-state index in [0.29, 0.717) is 19.0 Å². The molecule has 2 atom stereocenters. The molecule has 0 radical (unpaired) electrons. The van der Waals surface area contributed by atoms with Crippen molar-refractivity contribution >= 4 is 5.91 Å². The molecular weight excluding hydrogens is 338 g/mol. The molecule has 3 heterocycles. The van der Waals surface area contributed by atoms with Crippen LogP contribution in [0.5, 0.6) is 5.75 Å². The minimum Gasteiger partial charge on any atom is -0.488 e. The predicted octanol–water partition coefficient (Wildman–Crippen LogP) is 3.10. The highest BCUT2D eigenvalue weighted by Crippen LogP contribution is 2.30. The summed E-state index contributed by atoms with van der Waals surface area (Å²) in [5.41, 5.74) is 2.39. The SMILES string of the molecule is CC(=O)N1Cc2ccccc2O[C@@H]([C@@H]2CCCN(Cc3ccncc3)C2)C1. The minimum atomic E-state index is 0.0396. The molecule has 4 rings (SSSR count). The molecule has 2 aromatic rings. The van der Waals surface area contributed by atoms with Gasteiger partial charge in [0.25, 0.3) is 0 Å². The van der Waals surface area contributed by atoms with Crippen LogP contribution >= 0.6 is 0 Å². The minimum absolute atomic E-state index is 0.0396. The zero-order chi connectivity index (χ0) is 18.6. The third kappa shape index (κ3) is 4.30. The highest BCUT2D eigenvalue weighted by atomic mass is 16.5. The van der Waals surface area contributed by atoms with E-state index in [0.717, 1.165) is 43.8 Å². The molecule has 2 aliphatic rings. The fourth-order valence-corrected chi connectivity index (χ4v) is 4.21. The number of ether oxygens (including phenoxy) is 1. The lowest BCUT2D eigenvalue weighted by Gasteiger charge is -2.37. The molecular formula is C22H27N3O2. The zero-order valence-electron chi connectivity index (χ0n) is 15.9. The van der Waals surface area contributed by atoms with Crippen molar-refractivity contribution in [3.63, 3.8) is 0 Å². The molecule has 1 aromatic carbocycles. The highest BCUT2D eigenvalue weighted by molar-refractivity contribution is 5.73. The van der Waals surface area contributed by atoms with Crippen molar-refractivity contribution in [2.24, 2.45) is 5.92 Å². The van der Waals surface area contributed by atoms with Gasteiger partial charge in [-0.1, -0.05) is 18.2 Å². The Bertz CT molecular complexity index is 780. The summed E-state index contributed by atoms with van der Waals surface area (Å²) in [6, 6.07) is 12.3. The summed E-state index contributed by atoms with van der Waals surface area (Å²) < 4.78 is 6.44. The number of likely N-dealkylation sites (tertiary alicyclic amines) is 1. The number of piperidine rings is 1. The molecule has 0 spiro atoms. The normalized spacial score (nSPS) is 23.2. The third-order valence-electron chi connectivity index (χ3n) is 5.68. The average molecular weight is 365 g/mol. The standard InChI is InChI=1S/C22H27N3O2/c1-17(26)25-15-20-5-2-3-7-21(20)27-22(16-25)19-6-4-12-24(14-19)13-18-8-10-23-11-9-18/h2-3,5,7-11,19,22H,4,6,12-16H2,1H3/t19-,22-/m1/s1. The molecule has 2 aliphatic heterocycles. The van der Waals surface area contributed by atoms with Crippen LogP contribution in [0.3, 0.4) is 0 Å². The number of hydrogen-bond donors (Lipinski definition) is 0. The molecule has 0 bridgehead atoms. The molecule has 1 saturated heterocycles. The first-order valence-corrected chi connectivity index (χ1v) is 9.80. The number of fused-ring (bicyclic) bond motifs is 1. The Morgan fingerprint density at radius 2 is 2.00 bits per heavy atom. The number of hydrogen-bond acceptors (Lipinski definition) is 4. The van der Waals surface area contributed by atoms with E-state index in [1.54, 1.807) is 6.92 Å². The number of benzene rings is 1. The van der Waals surface area contributed by atoms with Gasteiger partial charge in [0.15, 0.2) is 0 Å². The Morgan fingerprint density at radius 1 is 1.19 bits per heavy atom. The van der Waals surface area contributed by atoms with E-state index >= 15 is 0 Å². The van der Waals surface area contributed by atoms with Crippen molar-refractivity contribution in [3.05, 3.63) is 59.9 Å². The summed E-state index contributed by atoms with van der Waals surface area (Å²) in [6.07, 6.45) is 6.06. The Balaban J connectivity index is 1.50. The zero-order valence-corrected chi connectivity index (χ0v) is 15.9. The lowest BCUT2D eigenvalue weighted by molar-refractivity contribution is -0.130. The summed E-state index contributed by atoms with van der Waals surface area (Å²) in [4.78, 5) is 20.7. The first-order chi connectivity index (χ1) is 13.2. The number of nitrogens with zero attached hydrogens (tertiary/aromatic N) is 3. The second-order valence-corrected chi connectivity index (χ2v) is 7.66. The Labute approximate surface area is 161 Å². The molecule has 0 N–H and O–H groups in total. The van der Waals surface area contributed by atoms with Crippen LogP contribution in [0.4, 0.5) is 0 Å². The number of carbonyl (C=O) groups is 1. The van der Waals surface area contributed by atoms with Gasteiger partial charge in [-0.25, -0.2) is 0 Å². The van der Waals surface area contributed by atoms with E-state index in [1.165, 1.54) is 5.56 Å². The van der Waals surface area contributed by atoms with Crippen LogP contribution in [0, 0.1) is 5.92 Å². The number of carbonyl (C=O) groups excluding carboxylic acids is 1. The molecule has 0 saturated carbocycles. The quantitative estimate of drug-likeness (QED) is 0.838. The second kappa shape index (κ2) is 8.09. The van der Waals surface area contributed by atoms with Crippen LogP contribution < -0.4 is 4.74 Å². The maximum absolute atomic E-state index is 12.1.